The van der Waals surface area contributed by atoms with Crippen molar-refractivity contribution in [3.8, 4) is 0 Å². The minimum Gasteiger partial charge on any atom is -0.467 e. The number of aromatic nitrogens is 1. The van der Waals surface area contributed by atoms with Crippen molar-refractivity contribution in [3.05, 3.63) is 60.2 Å². The molecule has 7 heteroatoms. The Morgan fingerprint density at radius 3 is 2.68 bits per heavy atom. The van der Waals surface area contributed by atoms with Crippen LogP contribution in [-0.4, -0.2) is 28.0 Å². The number of amides is 2. The highest BCUT2D eigenvalue weighted by atomic mass is 16.3. The van der Waals surface area contributed by atoms with Crippen molar-refractivity contribution in [3.63, 3.8) is 0 Å². The Morgan fingerprint density at radius 1 is 1.16 bits per heavy atom. The monoisotopic (exact) mass is 341 g/mol. The maximum atomic E-state index is 11.8. The van der Waals surface area contributed by atoms with E-state index in [4.69, 9.17) is 4.42 Å². The third-order valence-electron chi connectivity index (χ3n) is 3.95. The van der Waals surface area contributed by atoms with Crippen molar-refractivity contribution in [1.29, 1.82) is 0 Å². The maximum absolute atomic E-state index is 11.8. The highest BCUT2D eigenvalue weighted by Crippen LogP contribution is 2.25. The fraction of sp³-hybridized carbons (Fsp3) is 0.222. The number of aliphatic hydroxyl groups is 1. The number of carbonyl (C=O) groups excluding carboxylic acids is 2. The lowest BCUT2D eigenvalue weighted by Crippen LogP contribution is -2.41. The zero-order valence-electron chi connectivity index (χ0n) is 13.7. The molecular formula is C18H19N3O4. The van der Waals surface area contributed by atoms with Crippen molar-refractivity contribution in [1.82, 2.24) is 15.2 Å². The molecule has 0 fully saturated rings. The lowest BCUT2D eigenvalue weighted by molar-refractivity contribution is -0.139. The van der Waals surface area contributed by atoms with E-state index in [-0.39, 0.29) is 13.1 Å². The molecule has 3 aromatic rings. The lowest BCUT2D eigenvalue weighted by Gasteiger charge is -2.11. The molecule has 130 valence electrons. The molecule has 2 amide bonds. The standard InChI is InChI=1S/C18H19N3O4/c1-21-11-14(13-6-2-3-7-15(13)21)16(22)10-20-18(24)17(23)19-9-12-5-4-8-25-12/h2-8,11,16,22H,9-10H2,1H3,(H,19,23)(H,20,24). The topological polar surface area (TPSA) is 96.5 Å². The first kappa shape index (κ1) is 16.8. The van der Waals surface area contributed by atoms with Gasteiger partial charge in [0.25, 0.3) is 0 Å². The second kappa shape index (κ2) is 7.23. The SMILES string of the molecule is Cn1cc(C(O)CNC(=O)C(=O)NCc2ccco2)c2ccccc21. The number of nitrogens with zero attached hydrogens (tertiary/aromatic N) is 1. The molecule has 3 N–H and O–H groups in total. The van der Waals surface area contributed by atoms with Crippen LogP contribution in [0, 0.1) is 0 Å². The first-order valence-electron chi connectivity index (χ1n) is 7.86. The summed E-state index contributed by atoms with van der Waals surface area (Å²) >= 11 is 0. The summed E-state index contributed by atoms with van der Waals surface area (Å²) in [5.41, 5.74) is 1.69. The predicted molar refractivity (Wildman–Crippen MR) is 91.4 cm³/mol. The van der Waals surface area contributed by atoms with Gasteiger partial charge in [0.1, 0.15) is 5.76 Å². The van der Waals surface area contributed by atoms with Gasteiger partial charge < -0.3 is 24.7 Å². The Hall–Kier alpha value is -3.06. The van der Waals surface area contributed by atoms with Gasteiger partial charge in [0.2, 0.25) is 0 Å². The molecule has 1 atom stereocenters. The fourth-order valence-corrected chi connectivity index (χ4v) is 2.68. The van der Waals surface area contributed by atoms with Crippen LogP contribution in [0.25, 0.3) is 10.9 Å². The van der Waals surface area contributed by atoms with Gasteiger partial charge >= 0.3 is 11.8 Å². The number of rotatable bonds is 5. The number of hydrogen-bond donors (Lipinski definition) is 3. The van der Waals surface area contributed by atoms with Gasteiger partial charge in [-0.1, -0.05) is 18.2 Å². The number of hydrogen-bond acceptors (Lipinski definition) is 4. The molecule has 1 aromatic carbocycles. The Kier molecular flexibility index (Phi) is 4.85. The van der Waals surface area contributed by atoms with E-state index in [2.05, 4.69) is 10.6 Å². The van der Waals surface area contributed by atoms with E-state index in [9.17, 15) is 14.7 Å². The van der Waals surface area contributed by atoms with E-state index in [1.54, 1.807) is 12.1 Å². The van der Waals surface area contributed by atoms with E-state index in [0.29, 0.717) is 11.3 Å². The van der Waals surface area contributed by atoms with Crippen LogP contribution in [0.1, 0.15) is 17.4 Å². The molecule has 2 heterocycles. The molecule has 3 rings (SSSR count). The Morgan fingerprint density at radius 2 is 1.92 bits per heavy atom. The van der Waals surface area contributed by atoms with E-state index < -0.39 is 17.9 Å². The van der Waals surface area contributed by atoms with E-state index in [1.807, 2.05) is 42.1 Å². The van der Waals surface area contributed by atoms with E-state index >= 15 is 0 Å². The Bertz CT molecular complexity index is 883. The predicted octanol–water partition coefficient (Wildman–Crippen LogP) is 1.24. The molecule has 0 radical (unpaired) electrons. The zero-order valence-corrected chi connectivity index (χ0v) is 13.7. The molecule has 0 aliphatic carbocycles. The van der Waals surface area contributed by atoms with Gasteiger partial charge in [0.05, 0.1) is 18.9 Å². The summed E-state index contributed by atoms with van der Waals surface area (Å²) in [5, 5.41) is 16.2. The summed E-state index contributed by atoms with van der Waals surface area (Å²) in [6.07, 6.45) is 2.40. The number of carbonyl (C=O) groups is 2. The number of nitrogens with one attached hydrogen (secondary N) is 2. The normalized spacial score (nSPS) is 12.1. The molecule has 0 saturated heterocycles. The van der Waals surface area contributed by atoms with Crippen molar-refractivity contribution in [2.45, 2.75) is 12.6 Å². The molecule has 0 spiro atoms. The largest absolute Gasteiger partial charge is 0.467 e. The van der Waals surface area contributed by atoms with Gasteiger partial charge in [-0.25, -0.2) is 0 Å². The molecule has 1 unspecified atom stereocenters. The number of furan rings is 1. The van der Waals surface area contributed by atoms with Gasteiger partial charge in [0, 0.05) is 36.3 Å². The van der Waals surface area contributed by atoms with E-state index in [0.717, 1.165) is 10.9 Å². The van der Waals surface area contributed by atoms with Gasteiger partial charge in [-0.05, 0) is 18.2 Å². The van der Waals surface area contributed by atoms with Gasteiger partial charge in [-0.3, -0.25) is 9.59 Å². The van der Waals surface area contributed by atoms with Crippen molar-refractivity contribution >= 4 is 22.7 Å². The Balaban J connectivity index is 1.56. The number of aliphatic hydroxyl groups excluding tert-OH is 1. The van der Waals surface area contributed by atoms with Crippen molar-refractivity contribution in [2.75, 3.05) is 6.54 Å². The fourth-order valence-electron chi connectivity index (χ4n) is 2.68. The summed E-state index contributed by atoms with van der Waals surface area (Å²) in [7, 11) is 1.89. The molecular weight excluding hydrogens is 322 g/mol. The van der Waals surface area contributed by atoms with Crippen LogP contribution in [0.3, 0.4) is 0 Å². The quantitative estimate of drug-likeness (QED) is 0.608. The summed E-state index contributed by atoms with van der Waals surface area (Å²) < 4.78 is 6.98. The highest BCUT2D eigenvalue weighted by Gasteiger charge is 2.18. The number of para-hydroxylation sites is 1. The molecule has 7 nitrogen and oxygen atoms in total. The van der Waals surface area contributed by atoms with Crippen LogP contribution >= 0.6 is 0 Å². The van der Waals surface area contributed by atoms with Crippen molar-refractivity contribution in [2.24, 2.45) is 7.05 Å². The first-order chi connectivity index (χ1) is 12.1. The number of aryl methyl sites for hydroxylation is 1. The van der Waals surface area contributed by atoms with Crippen LogP contribution < -0.4 is 10.6 Å². The van der Waals surface area contributed by atoms with Gasteiger partial charge in [0.15, 0.2) is 0 Å². The van der Waals surface area contributed by atoms with Crippen LogP contribution in [0.2, 0.25) is 0 Å². The number of benzene rings is 1. The lowest BCUT2D eigenvalue weighted by atomic mass is 10.1. The Labute approximate surface area is 144 Å². The van der Waals surface area contributed by atoms with Gasteiger partial charge in [-0.2, -0.15) is 0 Å². The van der Waals surface area contributed by atoms with Crippen LogP contribution in [0.5, 0.6) is 0 Å². The highest BCUT2D eigenvalue weighted by molar-refractivity contribution is 6.35. The molecule has 0 bridgehead atoms. The molecule has 0 aliphatic rings. The van der Waals surface area contributed by atoms with Gasteiger partial charge in [-0.15, -0.1) is 0 Å². The summed E-state index contributed by atoms with van der Waals surface area (Å²) in [6, 6.07) is 11.1. The zero-order chi connectivity index (χ0) is 17.8. The molecule has 25 heavy (non-hydrogen) atoms. The van der Waals surface area contributed by atoms with Crippen LogP contribution in [-0.2, 0) is 23.2 Å². The molecule has 0 aliphatic heterocycles. The third-order valence-corrected chi connectivity index (χ3v) is 3.95. The second-order valence-electron chi connectivity index (χ2n) is 5.70. The molecule has 2 aromatic heterocycles. The minimum atomic E-state index is -0.909. The minimum absolute atomic E-state index is 0.0546. The average molecular weight is 341 g/mol. The number of fused-ring (bicyclic) bond motifs is 1. The average Bonchev–Trinajstić information content (AvgIpc) is 3.26. The smallest absolute Gasteiger partial charge is 0.309 e. The summed E-state index contributed by atoms with van der Waals surface area (Å²) in [5.74, 6) is -1.02. The summed E-state index contributed by atoms with van der Waals surface area (Å²) in [4.78, 5) is 23.6. The third kappa shape index (κ3) is 3.72. The first-order valence-corrected chi connectivity index (χ1v) is 7.86. The van der Waals surface area contributed by atoms with Crippen LogP contribution in [0.15, 0.2) is 53.3 Å². The molecule has 0 saturated carbocycles. The summed E-state index contributed by atoms with van der Waals surface area (Å²) in [6.45, 7) is 0.0755. The van der Waals surface area contributed by atoms with Crippen LogP contribution in [0.4, 0.5) is 0 Å². The second-order valence-corrected chi connectivity index (χ2v) is 5.70. The van der Waals surface area contributed by atoms with E-state index in [1.165, 1.54) is 6.26 Å². The maximum Gasteiger partial charge on any atom is 0.309 e. The van der Waals surface area contributed by atoms with Crippen molar-refractivity contribution < 1.29 is 19.1 Å².